The Bertz CT molecular complexity index is 2270. The molecule has 3 aromatic carbocycles. The van der Waals surface area contributed by atoms with E-state index >= 15 is 0 Å². The summed E-state index contributed by atoms with van der Waals surface area (Å²) in [6, 6.07) is 30.6. The molecule has 4 aliphatic carbocycles. The van der Waals surface area contributed by atoms with Crippen LogP contribution in [0.3, 0.4) is 0 Å². The van der Waals surface area contributed by atoms with Crippen LogP contribution in [0.5, 0.6) is 0 Å². The number of rotatable bonds is 4. The van der Waals surface area contributed by atoms with Crippen LogP contribution in [0.1, 0.15) is 52.4 Å². The minimum absolute atomic E-state index is 0.498. The number of fused-ring (bicyclic) bond motifs is 8. The van der Waals surface area contributed by atoms with Gasteiger partial charge in [0, 0.05) is 34.3 Å². The Hall–Kier alpha value is -5.41. The summed E-state index contributed by atoms with van der Waals surface area (Å²) in [6.45, 7) is 0. The molecule has 3 heterocycles. The van der Waals surface area contributed by atoms with Crippen LogP contribution in [0.15, 0.2) is 128 Å². The van der Waals surface area contributed by atoms with Crippen LogP contribution in [0.4, 0.5) is 0 Å². The number of hydrogen-bond acceptors (Lipinski definition) is 1. The van der Waals surface area contributed by atoms with E-state index in [4.69, 9.17) is 4.98 Å². The van der Waals surface area contributed by atoms with Crippen molar-refractivity contribution in [2.75, 3.05) is 0 Å². The molecule has 4 aliphatic rings. The SMILES string of the molecule is C1=CC2Cc3c(ccc4c3c3c(n4-c4cn(-c5cc(-c6ccccc6)cc(-c6ccccc6)n5)c5c4CCC=C5)C=CCC3)C2C=C1. The molecule has 0 saturated heterocycles. The Balaban J connectivity index is 1.21. The third kappa shape index (κ3) is 4.16. The normalized spacial score (nSPS) is 18.7. The highest BCUT2D eigenvalue weighted by molar-refractivity contribution is 5.95. The van der Waals surface area contributed by atoms with Gasteiger partial charge in [-0.25, -0.2) is 4.98 Å². The summed E-state index contributed by atoms with van der Waals surface area (Å²) >= 11 is 0. The van der Waals surface area contributed by atoms with Gasteiger partial charge in [0.25, 0.3) is 0 Å². The van der Waals surface area contributed by atoms with Crippen molar-refractivity contribution >= 4 is 23.1 Å². The van der Waals surface area contributed by atoms with E-state index in [1.807, 2.05) is 0 Å². The molecule has 3 nitrogen and oxygen atoms in total. The summed E-state index contributed by atoms with van der Waals surface area (Å²) in [4.78, 5) is 5.33. The van der Waals surface area contributed by atoms with Gasteiger partial charge in [-0.3, -0.25) is 4.57 Å². The molecule has 6 aromatic rings. The van der Waals surface area contributed by atoms with Crippen molar-refractivity contribution in [3.63, 3.8) is 0 Å². The summed E-state index contributed by atoms with van der Waals surface area (Å²) in [5.41, 5.74) is 15.7. The Morgan fingerprint density at radius 2 is 1.40 bits per heavy atom. The maximum Gasteiger partial charge on any atom is 0.138 e. The molecule has 0 amide bonds. The lowest BCUT2D eigenvalue weighted by atomic mass is 9.89. The highest BCUT2D eigenvalue weighted by Gasteiger charge is 2.34. The van der Waals surface area contributed by atoms with Crippen molar-refractivity contribution in [3.8, 4) is 33.9 Å². The van der Waals surface area contributed by atoms with Gasteiger partial charge in [0.2, 0.25) is 0 Å². The van der Waals surface area contributed by atoms with Crippen LogP contribution < -0.4 is 0 Å². The molecule has 2 unspecified atom stereocenters. The van der Waals surface area contributed by atoms with Crippen molar-refractivity contribution in [2.45, 2.75) is 38.0 Å². The summed E-state index contributed by atoms with van der Waals surface area (Å²) in [7, 11) is 0. The second-order valence-corrected chi connectivity index (χ2v) is 13.4. The van der Waals surface area contributed by atoms with Crippen molar-refractivity contribution in [1.29, 1.82) is 0 Å². The quantitative estimate of drug-likeness (QED) is 0.196. The number of nitrogens with zero attached hydrogens (tertiary/aromatic N) is 3. The first-order chi connectivity index (χ1) is 23.3. The zero-order chi connectivity index (χ0) is 30.9. The highest BCUT2D eigenvalue weighted by Crippen LogP contribution is 2.48. The molecular weight excluding hydrogens is 571 g/mol. The van der Waals surface area contributed by atoms with Gasteiger partial charge in [0.15, 0.2) is 0 Å². The zero-order valence-corrected chi connectivity index (χ0v) is 26.3. The Morgan fingerprint density at radius 3 is 2.23 bits per heavy atom. The average molecular weight is 606 g/mol. The van der Waals surface area contributed by atoms with Gasteiger partial charge in [0.05, 0.1) is 22.6 Å². The maximum atomic E-state index is 5.33. The standard InChI is InChI=1S/C44H35N3/c1-3-13-29(14-4-1)32-26-38(30-15-5-2-6-16-30)45-43(27-32)46-28-42(35-19-9-11-21-39(35)46)47-40-22-12-10-20-36(40)44-37-25-31-17-7-8-18-33(31)34(37)23-24-41(44)47/h1-8,11-18,21-24,26-28,31,33H,9-10,19-20,25H2. The lowest BCUT2D eigenvalue weighted by Gasteiger charge is -2.16. The number of aromatic nitrogens is 3. The number of aryl methyl sites for hydroxylation is 1. The van der Waals surface area contributed by atoms with Crippen molar-refractivity contribution in [3.05, 3.63) is 161 Å². The van der Waals surface area contributed by atoms with Crippen LogP contribution in [0.2, 0.25) is 0 Å². The molecule has 0 N–H and O–H groups in total. The summed E-state index contributed by atoms with van der Waals surface area (Å²) in [5.74, 6) is 2.02. The summed E-state index contributed by atoms with van der Waals surface area (Å²) < 4.78 is 4.93. The number of pyridine rings is 1. The smallest absolute Gasteiger partial charge is 0.138 e. The molecule has 3 aromatic heterocycles. The van der Waals surface area contributed by atoms with Crippen molar-refractivity contribution in [1.82, 2.24) is 14.1 Å². The molecule has 47 heavy (non-hydrogen) atoms. The van der Waals surface area contributed by atoms with E-state index in [2.05, 4.69) is 149 Å². The Morgan fingerprint density at radius 1 is 0.660 bits per heavy atom. The fourth-order valence-electron chi connectivity index (χ4n) is 8.61. The van der Waals surface area contributed by atoms with Gasteiger partial charge in [-0.15, -0.1) is 0 Å². The fourth-order valence-corrected chi connectivity index (χ4v) is 8.61. The molecule has 0 aliphatic heterocycles. The lowest BCUT2D eigenvalue weighted by Crippen LogP contribution is -2.04. The maximum absolute atomic E-state index is 5.33. The van der Waals surface area contributed by atoms with Crippen LogP contribution in [0.25, 0.3) is 56.9 Å². The number of benzene rings is 3. The molecule has 226 valence electrons. The zero-order valence-electron chi connectivity index (χ0n) is 26.3. The molecule has 0 saturated carbocycles. The Labute approximate surface area is 275 Å². The van der Waals surface area contributed by atoms with Gasteiger partial charge >= 0.3 is 0 Å². The van der Waals surface area contributed by atoms with Gasteiger partial charge in [-0.05, 0) is 96.2 Å². The highest BCUT2D eigenvalue weighted by atomic mass is 15.1. The van der Waals surface area contributed by atoms with E-state index in [1.165, 1.54) is 55.8 Å². The fraction of sp³-hybridized carbons (Fsp3) is 0.159. The van der Waals surface area contributed by atoms with Crippen LogP contribution >= 0.6 is 0 Å². The largest absolute Gasteiger partial charge is 0.308 e. The van der Waals surface area contributed by atoms with E-state index in [9.17, 15) is 0 Å². The minimum Gasteiger partial charge on any atom is -0.308 e. The topological polar surface area (TPSA) is 22.8 Å². The van der Waals surface area contributed by atoms with Crippen LogP contribution in [-0.4, -0.2) is 14.1 Å². The van der Waals surface area contributed by atoms with E-state index in [0.717, 1.165) is 49.2 Å². The van der Waals surface area contributed by atoms with Gasteiger partial charge in [0.1, 0.15) is 5.82 Å². The molecule has 10 rings (SSSR count). The molecule has 0 radical (unpaired) electrons. The second kappa shape index (κ2) is 10.6. The van der Waals surface area contributed by atoms with E-state index < -0.39 is 0 Å². The van der Waals surface area contributed by atoms with Crippen LogP contribution in [0, 0.1) is 5.92 Å². The first kappa shape index (κ1) is 26.8. The van der Waals surface area contributed by atoms with E-state index in [0.29, 0.717) is 11.8 Å². The second-order valence-electron chi connectivity index (χ2n) is 13.4. The molecule has 2 atom stereocenters. The third-order valence-electron chi connectivity index (χ3n) is 10.7. The monoisotopic (exact) mass is 605 g/mol. The molecule has 0 spiro atoms. The van der Waals surface area contributed by atoms with Gasteiger partial charge in [-0.1, -0.05) is 103 Å². The summed E-state index contributed by atoms with van der Waals surface area (Å²) in [6.07, 6.45) is 26.4. The Kier molecular flexibility index (Phi) is 6.02. The first-order valence-electron chi connectivity index (χ1n) is 17.1. The minimum atomic E-state index is 0.498. The number of hydrogen-bond donors (Lipinski definition) is 0. The summed E-state index contributed by atoms with van der Waals surface area (Å²) in [5, 5.41) is 1.50. The lowest BCUT2D eigenvalue weighted by molar-refractivity contribution is 0.630. The van der Waals surface area contributed by atoms with Crippen molar-refractivity contribution < 1.29 is 0 Å². The first-order valence-corrected chi connectivity index (χ1v) is 17.1. The van der Waals surface area contributed by atoms with Crippen molar-refractivity contribution in [2.24, 2.45) is 5.92 Å². The molecule has 0 bridgehead atoms. The molecule has 3 heteroatoms. The predicted octanol–water partition coefficient (Wildman–Crippen LogP) is 10.5. The van der Waals surface area contributed by atoms with Crippen LogP contribution in [-0.2, 0) is 19.3 Å². The van der Waals surface area contributed by atoms with E-state index in [1.54, 1.807) is 5.56 Å². The number of allylic oxidation sites excluding steroid dienone is 6. The predicted molar refractivity (Wildman–Crippen MR) is 194 cm³/mol. The third-order valence-corrected chi connectivity index (χ3v) is 10.7. The molecular formula is C44H35N3. The van der Waals surface area contributed by atoms with Gasteiger partial charge < -0.3 is 4.57 Å². The van der Waals surface area contributed by atoms with E-state index in [-0.39, 0.29) is 0 Å². The average Bonchev–Trinajstić information content (AvgIpc) is 3.82. The molecule has 0 fully saturated rings. The van der Waals surface area contributed by atoms with Gasteiger partial charge in [-0.2, -0.15) is 0 Å².